The van der Waals surface area contributed by atoms with Crippen molar-refractivity contribution in [3.05, 3.63) is 64.3 Å². The van der Waals surface area contributed by atoms with Gasteiger partial charge in [-0.15, -0.1) is 0 Å². The molecule has 126 valence electrons. The van der Waals surface area contributed by atoms with Crippen molar-refractivity contribution in [3.63, 3.8) is 0 Å². The molecular weight excluding hydrogens is 344 g/mol. The molecule has 0 atom stereocenters. The Labute approximate surface area is 146 Å². The number of hydrogen-bond acceptors (Lipinski definition) is 2. The van der Waals surface area contributed by atoms with Gasteiger partial charge in [0.1, 0.15) is 0 Å². The molecule has 0 radical (unpaired) electrons. The van der Waals surface area contributed by atoms with Crippen molar-refractivity contribution in [1.29, 1.82) is 0 Å². The molecule has 1 aromatic heterocycles. The SMILES string of the molecule is Cc1ccc(S(=O)(=O)NCCc2c[nH]c3ccc(Cl)cc23)cc1C. The molecule has 2 aromatic carbocycles. The highest BCUT2D eigenvalue weighted by Crippen LogP contribution is 2.22. The van der Waals surface area contributed by atoms with Crippen LogP contribution in [-0.2, 0) is 16.4 Å². The average Bonchev–Trinajstić information content (AvgIpc) is 2.92. The van der Waals surface area contributed by atoms with Crippen LogP contribution in [0.3, 0.4) is 0 Å². The maximum Gasteiger partial charge on any atom is 0.240 e. The molecule has 0 spiro atoms. The summed E-state index contributed by atoms with van der Waals surface area (Å²) < 4.78 is 27.5. The molecule has 6 heteroatoms. The fraction of sp³-hybridized carbons (Fsp3) is 0.222. The lowest BCUT2D eigenvalue weighted by Crippen LogP contribution is -2.26. The molecule has 0 aliphatic heterocycles. The van der Waals surface area contributed by atoms with Gasteiger partial charge in [-0.2, -0.15) is 0 Å². The number of H-pyrrole nitrogens is 1. The monoisotopic (exact) mass is 362 g/mol. The zero-order valence-corrected chi connectivity index (χ0v) is 15.1. The third-order valence-electron chi connectivity index (χ3n) is 4.20. The molecule has 0 saturated heterocycles. The summed E-state index contributed by atoms with van der Waals surface area (Å²) in [5.41, 5.74) is 4.07. The van der Waals surface area contributed by atoms with E-state index in [1.54, 1.807) is 12.1 Å². The first-order valence-electron chi connectivity index (χ1n) is 7.69. The van der Waals surface area contributed by atoms with E-state index in [4.69, 9.17) is 11.6 Å². The summed E-state index contributed by atoms with van der Waals surface area (Å²) in [5.74, 6) is 0. The lowest BCUT2D eigenvalue weighted by molar-refractivity contribution is 0.581. The van der Waals surface area contributed by atoms with Crippen molar-refractivity contribution in [2.75, 3.05) is 6.54 Å². The fourth-order valence-corrected chi connectivity index (χ4v) is 3.93. The Morgan fingerprint density at radius 1 is 1.08 bits per heavy atom. The van der Waals surface area contributed by atoms with Gasteiger partial charge in [0.25, 0.3) is 0 Å². The van der Waals surface area contributed by atoms with Crippen LogP contribution in [0.15, 0.2) is 47.5 Å². The summed E-state index contributed by atoms with van der Waals surface area (Å²) in [6, 6.07) is 10.8. The highest BCUT2D eigenvalue weighted by molar-refractivity contribution is 7.89. The van der Waals surface area contributed by atoms with Crippen molar-refractivity contribution < 1.29 is 8.42 Å². The van der Waals surface area contributed by atoms with Crippen molar-refractivity contribution >= 4 is 32.5 Å². The first-order valence-corrected chi connectivity index (χ1v) is 9.55. The Balaban J connectivity index is 1.72. The minimum atomic E-state index is -3.50. The second kappa shape index (κ2) is 6.59. The lowest BCUT2D eigenvalue weighted by atomic mass is 10.1. The summed E-state index contributed by atoms with van der Waals surface area (Å²) >= 11 is 6.04. The summed E-state index contributed by atoms with van der Waals surface area (Å²) in [7, 11) is -3.50. The van der Waals surface area contributed by atoms with Gasteiger partial charge in [0.2, 0.25) is 10.0 Å². The highest BCUT2D eigenvalue weighted by Gasteiger charge is 2.14. The molecule has 0 aliphatic rings. The second-order valence-electron chi connectivity index (χ2n) is 5.90. The molecule has 4 nitrogen and oxygen atoms in total. The Bertz CT molecular complexity index is 993. The molecule has 0 bridgehead atoms. The van der Waals surface area contributed by atoms with Gasteiger partial charge in [-0.3, -0.25) is 0 Å². The first kappa shape index (κ1) is 17.0. The van der Waals surface area contributed by atoms with Crippen LogP contribution in [0.1, 0.15) is 16.7 Å². The Kier molecular flexibility index (Phi) is 4.67. The topological polar surface area (TPSA) is 62.0 Å². The number of aromatic amines is 1. The number of aryl methyl sites for hydroxylation is 2. The molecule has 0 unspecified atom stereocenters. The van der Waals surface area contributed by atoms with Gasteiger partial charge in [-0.05, 0) is 67.3 Å². The van der Waals surface area contributed by atoms with E-state index in [-0.39, 0.29) is 0 Å². The van der Waals surface area contributed by atoms with E-state index in [9.17, 15) is 8.42 Å². The van der Waals surface area contributed by atoms with E-state index in [0.717, 1.165) is 27.6 Å². The van der Waals surface area contributed by atoms with E-state index < -0.39 is 10.0 Å². The van der Waals surface area contributed by atoms with E-state index in [1.165, 1.54) is 0 Å². The molecule has 2 N–H and O–H groups in total. The fourth-order valence-electron chi connectivity index (χ4n) is 2.64. The quantitative estimate of drug-likeness (QED) is 0.721. The highest BCUT2D eigenvalue weighted by atomic mass is 35.5. The number of benzene rings is 2. The zero-order chi connectivity index (χ0) is 17.3. The molecule has 0 saturated carbocycles. The van der Waals surface area contributed by atoms with Gasteiger partial charge in [-0.1, -0.05) is 17.7 Å². The summed E-state index contributed by atoms with van der Waals surface area (Å²) in [6.45, 7) is 4.19. The standard InChI is InChI=1S/C18H19ClN2O2S/c1-12-3-5-16(9-13(12)2)24(22,23)21-8-7-14-11-20-18-6-4-15(19)10-17(14)18/h3-6,9-11,20-21H,7-8H2,1-2H3. The van der Waals surface area contributed by atoms with Crippen LogP contribution in [0, 0.1) is 13.8 Å². The van der Waals surface area contributed by atoms with Crippen molar-refractivity contribution in [2.45, 2.75) is 25.2 Å². The van der Waals surface area contributed by atoms with Gasteiger partial charge >= 0.3 is 0 Å². The van der Waals surface area contributed by atoms with E-state index in [0.29, 0.717) is 22.9 Å². The number of hydrogen-bond donors (Lipinski definition) is 2. The summed E-state index contributed by atoms with van der Waals surface area (Å²) in [5, 5.41) is 1.69. The average molecular weight is 363 g/mol. The second-order valence-corrected chi connectivity index (χ2v) is 8.10. The van der Waals surface area contributed by atoms with Gasteiger partial charge in [0.05, 0.1) is 4.90 Å². The molecule has 1 heterocycles. The summed E-state index contributed by atoms with van der Waals surface area (Å²) in [4.78, 5) is 3.47. The number of halogens is 1. The van der Waals surface area contributed by atoms with Gasteiger partial charge in [0.15, 0.2) is 0 Å². The molecule has 0 fully saturated rings. The molecule has 3 aromatic rings. The van der Waals surface area contributed by atoms with Gasteiger partial charge in [0, 0.05) is 28.7 Å². The van der Waals surface area contributed by atoms with E-state index in [1.807, 2.05) is 44.3 Å². The number of nitrogens with one attached hydrogen (secondary N) is 2. The number of rotatable bonds is 5. The van der Waals surface area contributed by atoms with Crippen LogP contribution in [0.4, 0.5) is 0 Å². The third kappa shape index (κ3) is 3.48. The van der Waals surface area contributed by atoms with Gasteiger partial charge < -0.3 is 4.98 Å². The number of sulfonamides is 1. The predicted molar refractivity (Wildman–Crippen MR) is 98.1 cm³/mol. The van der Waals surface area contributed by atoms with Crippen LogP contribution in [0.2, 0.25) is 5.02 Å². The Morgan fingerprint density at radius 3 is 2.62 bits per heavy atom. The van der Waals surface area contributed by atoms with E-state index in [2.05, 4.69) is 9.71 Å². The maximum absolute atomic E-state index is 12.4. The Hall–Kier alpha value is -1.82. The van der Waals surface area contributed by atoms with Crippen LogP contribution in [-0.4, -0.2) is 19.9 Å². The molecular formula is C18H19ClN2O2S. The minimum absolute atomic E-state index is 0.299. The van der Waals surface area contributed by atoms with Crippen LogP contribution >= 0.6 is 11.6 Å². The number of aromatic nitrogens is 1. The van der Waals surface area contributed by atoms with Crippen molar-refractivity contribution in [3.8, 4) is 0 Å². The first-order chi connectivity index (χ1) is 11.4. The normalized spacial score (nSPS) is 12.0. The Morgan fingerprint density at radius 2 is 1.88 bits per heavy atom. The number of fused-ring (bicyclic) bond motifs is 1. The molecule has 0 amide bonds. The van der Waals surface area contributed by atoms with Gasteiger partial charge in [-0.25, -0.2) is 13.1 Å². The molecule has 3 rings (SSSR count). The van der Waals surface area contributed by atoms with Crippen LogP contribution in [0.5, 0.6) is 0 Å². The van der Waals surface area contributed by atoms with Crippen LogP contribution < -0.4 is 4.72 Å². The van der Waals surface area contributed by atoms with E-state index >= 15 is 0 Å². The maximum atomic E-state index is 12.4. The summed E-state index contributed by atoms with van der Waals surface area (Å²) in [6.07, 6.45) is 2.48. The smallest absolute Gasteiger partial charge is 0.240 e. The van der Waals surface area contributed by atoms with Crippen LogP contribution in [0.25, 0.3) is 10.9 Å². The van der Waals surface area contributed by atoms with Crippen molar-refractivity contribution in [2.24, 2.45) is 0 Å². The third-order valence-corrected chi connectivity index (χ3v) is 5.90. The molecule has 24 heavy (non-hydrogen) atoms. The largest absolute Gasteiger partial charge is 0.361 e. The predicted octanol–water partition coefficient (Wildman–Crippen LogP) is 3.96. The minimum Gasteiger partial charge on any atom is -0.361 e. The van der Waals surface area contributed by atoms with Crippen molar-refractivity contribution in [1.82, 2.24) is 9.71 Å². The molecule has 0 aliphatic carbocycles. The zero-order valence-electron chi connectivity index (χ0n) is 13.6. The lowest BCUT2D eigenvalue weighted by Gasteiger charge is -2.08.